The van der Waals surface area contributed by atoms with E-state index < -0.39 is 0 Å². The fourth-order valence-corrected chi connectivity index (χ4v) is 5.40. The molecule has 0 aromatic carbocycles. The normalized spacial score (nSPS) is 10.1. The smallest absolute Gasteiger partial charge is 0.0355 e. The molecule has 0 saturated carbocycles. The minimum Gasteiger partial charge on any atom is -0.0776 e. The van der Waals surface area contributed by atoms with Crippen molar-refractivity contribution in [2.45, 2.75) is 241 Å². The highest BCUT2D eigenvalue weighted by Crippen LogP contribution is 2.39. The summed E-state index contributed by atoms with van der Waals surface area (Å²) in [4.78, 5) is 0. The summed E-state index contributed by atoms with van der Waals surface area (Å²) in [5.74, 6) is 4.74. The second-order valence-electron chi connectivity index (χ2n) is 13.0. The van der Waals surface area contributed by atoms with Gasteiger partial charge >= 0.3 is 0 Å². The van der Waals surface area contributed by atoms with E-state index in [2.05, 4.69) is 90.0 Å². The molecule has 0 fully saturated rings. The van der Waals surface area contributed by atoms with Crippen LogP contribution in [0.2, 0.25) is 0 Å². The standard InChI is InChI=1S/C23H48.2C6H14.C3H8.3CH4/c1-7-11-15-21(16-12-8-2)23(19-20(5)6)22(17-13-9-3)18-14-10-4;1-4-5-6(2)3;1-3-5-6-4-2;1-3-2;;;/h20-23H,7-19H2,1-6H3;6H,4-5H2,1-3H3;3-6H2,1-2H3;3H2,1-2H3;3*1H4. The zero-order chi connectivity index (χ0) is 30.0. The summed E-state index contributed by atoms with van der Waals surface area (Å²) >= 11 is 0. The van der Waals surface area contributed by atoms with Crippen molar-refractivity contribution in [1.29, 1.82) is 0 Å². The molecule has 0 heteroatoms. The van der Waals surface area contributed by atoms with Crippen LogP contribution in [0.1, 0.15) is 241 Å². The van der Waals surface area contributed by atoms with Gasteiger partial charge in [0.15, 0.2) is 0 Å². The molecular weight excluding hydrogens is 492 g/mol. The van der Waals surface area contributed by atoms with Crippen LogP contribution in [0.3, 0.4) is 0 Å². The molecule has 0 aromatic rings. The summed E-state index contributed by atoms with van der Waals surface area (Å²) in [5, 5.41) is 0. The topological polar surface area (TPSA) is 0 Å². The van der Waals surface area contributed by atoms with Crippen LogP contribution in [-0.2, 0) is 0 Å². The van der Waals surface area contributed by atoms with Crippen LogP contribution in [0.15, 0.2) is 0 Å². The van der Waals surface area contributed by atoms with Crippen molar-refractivity contribution in [3.63, 3.8) is 0 Å². The maximum absolute atomic E-state index is 2.44. The largest absolute Gasteiger partial charge is 0.0776 e. The Hall–Kier alpha value is 0. The third-order valence-electron chi connectivity index (χ3n) is 7.49. The number of unbranched alkanes of at least 4 members (excludes halogenated alkanes) is 7. The fourth-order valence-electron chi connectivity index (χ4n) is 5.40. The lowest BCUT2D eigenvalue weighted by molar-refractivity contribution is 0.146. The fraction of sp³-hybridized carbons (Fsp3) is 1.00. The van der Waals surface area contributed by atoms with Gasteiger partial charge in [-0.1, -0.05) is 234 Å². The maximum Gasteiger partial charge on any atom is -0.0355 e. The minimum atomic E-state index is 0. The van der Waals surface area contributed by atoms with Crippen molar-refractivity contribution in [1.82, 2.24) is 0 Å². The van der Waals surface area contributed by atoms with E-state index in [9.17, 15) is 0 Å². The van der Waals surface area contributed by atoms with Crippen molar-refractivity contribution >= 4 is 0 Å². The molecule has 41 heavy (non-hydrogen) atoms. The Labute approximate surface area is 269 Å². The first kappa shape index (κ1) is 56.7. The quantitative estimate of drug-likeness (QED) is 0.117. The van der Waals surface area contributed by atoms with Crippen LogP contribution >= 0.6 is 0 Å². The van der Waals surface area contributed by atoms with Gasteiger partial charge in [-0.3, -0.25) is 0 Å². The monoisotopic (exact) mass is 589 g/mol. The molecule has 0 unspecified atom stereocenters. The Balaban J connectivity index is -0.000000106. The van der Waals surface area contributed by atoms with Crippen molar-refractivity contribution < 1.29 is 0 Å². The Kier molecular flexibility index (Phi) is 68.7. The Morgan fingerprint density at radius 1 is 0.341 bits per heavy atom. The predicted molar refractivity (Wildman–Crippen MR) is 204 cm³/mol. The summed E-state index contributed by atoms with van der Waals surface area (Å²) in [6.07, 6.45) is 28.1. The van der Waals surface area contributed by atoms with Gasteiger partial charge in [-0.25, -0.2) is 0 Å². The maximum atomic E-state index is 2.44. The average Bonchev–Trinajstić information content (AvgIpc) is 2.88. The number of rotatable bonds is 21. The molecule has 0 aliphatic rings. The summed E-state index contributed by atoms with van der Waals surface area (Å²) < 4.78 is 0. The third-order valence-corrected chi connectivity index (χ3v) is 7.49. The molecule has 0 atom stereocenters. The number of hydrogen-bond donors (Lipinski definition) is 0. The van der Waals surface area contributed by atoms with E-state index >= 15 is 0 Å². The molecule has 0 amide bonds. The van der Waals surface area contributed by atoms with Gasteiger partial charge in [0.05, 0.1) is 0 Å². The molecule has 0 heterocycles. The molecule has 0 radical (unpaired) electrons. The lowest BCUT2D eigenvalue weighted by Gasteiger charge is -2.36. The highest BCUT2D eigenvalue weighted by Gasteiger charge is 2.28. The first-order chi connectivity index (χ1) is 18.2. The van der Waals surface area contributed by atoms with Crippen LogP contribution in [-0.4, -0.2) is 0 Å². The first-order valence-electron chi connectivity index (χ1n) is 18.2. The summed E-state index contributed by atoms with van der Waals surface area (Å²) in [7, 11) is 0. The Bertz CT molecular complexity index is 315. The van der Waals surface area contributed by atoms with Crippen LogP contribution in [0, 0.1) is 29.6 Å². The van der Waals surface area contributed by atoms with Crippen LogP contribution in [0.25, 0.3) is 0 Å². The number of hydrogen-bond acceptors (Lipinski definition) is 0. The minimum absolute atomic E-state index is 0. The van der Waals surface area contributed by atoms with E-state index in [1.807, 2.05) is 0 Å². The van der Waals surface area contributed by atoms with Crippen LogP contribution in [0.4, 0.5) is 0 Å². The Morgan fingerprint density at radius 2 is 0.610 bits per heavy atom. The van der Waals surface area contributed by atoms with Crippen LogP contribution < -0.4 is 0 Å². The molecule has 0 aliphatic heterocycles. The molecule has 0 aliphatic carbocycles. The van der Waals surface area contributed by atoms with Gasteiger partial charge in [-0.15, -0.1) is 0 Å². The van der Waals surface area contributed by atoms with Gasteiger partial charge in [0.25, 0.3) is 0 Å². The highest BCUT2D eigenvalue weighted by atomic mass is 14.3. The molecule has 0 aromatic heterocycles. The summed E-state index contributed by atoms with van der Waals surface area (Å²) in [5.41, 5.74) is 0. The van der Waals surface area contributed by atoms with Crippen molar-refractivity contribution in [3.05, 3.63) is 0 Å². The summed E-state index contributed by atoms with van der Waals surface area (Å²) in [6.45, 7) is 29.8. The predicted octanol–water partition coefficient (Wildman–Crippen LogP) is 17.0. The molecule has 0 N–H and O–H groups in total. The van der Waals surface area contributed by atoms with Gasteiger partial charge in [0.2, 0.25) is 0 Å². The molecule has 260 valence electrons. The third kappa shape index (κ3) is 50.0. The molecule has 0 nitrogen and oxygen atoms in total. The second kappa shape index (κ2) is 49.7. The zero-order valence-electron chi connectivity index (χ0n) is 30.0. The highest BCUT2D eigenvalue weighted by molar-refractivity contribution is 4.79. The van der Waals surface area contributed by atoms with E-state index in [0.717, 1.165) is 29.6 Å². The average molecular weight is 589 g/mol. The Morgan fingerprint density at radius 3 is 0.756 bits per heavy atom. The lowest BCUT2D eigenvalue weighted by atomic mass is 9.70. The lowest BCUT2D eigenvalue weighted by Crippen LogP contribution is -2.26. The van der Waals surface area contributed by atoms with E-state index in [1.165, 1.54) is 128 Å². The van der Waals surface area contributed by atoms with Crippen molar-refractivity contribution in [2.75, 3.05) is 0 Å². The summed E-state index contributed by atoms with van der Waals surface area (Å²) in [6, 6.07) is 0. The zero-order valence-corrected chi connectivity index (χ0v) is 30.0. The van der Waals surface area contributed by atoms with E-state index in [-0.39, 0.29) is 22.3 Å². The molecule has 0 saturated heterocycles. The van der Waals surface area contributed by atoms with Crippen molar-refractivity contribution in [2.24, 2.45) is 29.6 Å². The van der Waals surface area contributed by atoms with Gasteiger partial charge in [-0.2, -0.15) is 0 Å². The van der Waals surface area contributed by atoms with Gasteiger partial charge < -0.3 is 0 Å². The van der Waals surface area contributed by atoms with Gasteiger partial charge in [0.1, 0.15) is 0 Å². The van der Waals surface area contributed by atoms with E-state index in [0.29, 0.717) is 0 Å². The molecule has 0 rings (SSSR count). The second-order valence-corrected chi connectivity index (χ2v) is 13.0. The van der Waals surface area contributed by atoms with Crippen molar-refractivity contribution in [3.8, 4) is 0 Å². The molecule has 0 spiro atoms. The SMILES string of the molecule is C.C.C.CCC.CCCC(C)C.CCCCC(CCCC)C(CC(C)C)C(CCCC)CCCC.CCCCCC. The molecule has 0 bridgehead atoms. The van der Waals surface area contributed by atoms with E-state index in [1.54, 1.807) is 0 Å². The van der Waals surface area contributed by atoms with Gasteiger partial charge in [0, 0.05) is 0 Å². The van der Waals surface area contributed by atoms with Gasteiger partial charge in [-0.05, 0) is 36.0 Å². The van der Waals surface area contributed by atoms with E-state index in [4.69, 9.17) is 0 Å². The first-order valence-corrected chi connectivity index (χ1v) is 18.2. The van der Waals surface area contributed by atoms with Crippen LogP contribution in [0.5, 0.6) is 0 Å². The molecular formula is C41H96.